The van der Waals surface area contributed by atoms with Crippen molar-refractivity contribution in [3.8, 4) is 28.5 Å². The number of benzene rings is 1. The first-order chi connectivity index (χ1) is 10.2. The maximum absolute atomic E-state index is 5.50. The fourth-order valence-electron chi connectivity index (χ4n) is 2.03. The molecule has 114 valence electrons. The molecule has 1 heterocycles. The van der Waals surface area contributed by atoms with E-state index in [1.165, 1.54) is 0 Å². The van der Waals surface area contributed by atoms with E-state index >= 15 is 0 Å². The quantitative estimate of drug-likeness (QED) is 0.828. The molecular formula is C14H20N4O3. The van der Waals surface area contributed by atoms with E-state index in [-0.39, 0.29) is 0 Å². The maximum atomic E-state index is 5.50. The SMILES string of the molecule is COc1cc(OC)c(-c2cn(CCCN)nn2)c(OC)c1. The lowest BCUT2D eigenvalue weighted by Gasteiger charge is -2.13. The second-order valence-corrected chi connectivity index (χ2v) is 4.42. The van der Waals surface area contributed by atoms with Crippen LogP contribution in [-0.2, 0) is 6.54 Å². The van der Waals surface area contributed by atoms with Crippen molar-refractivity contribution in [1.82, 2.24) is 15.0 Å². The minimum absolute atomic E-state index is 0.615. The Morgan fingerprint density at radius 2 is 1.76 bits per heavy atom. The van der Waals surface area contributed by atoms with E-state index in [4.69, 9.17) is 19.9 Å². The molecule has 0 atom stereocenters. The lowest BCUT2D eigenvalue weighted by atomic mass is 10.1. The molecule has 1 aromatic carbocycles. The van der Waals surface area contributed by atoms with Crippen molar-refractivity contribution in [2.75, 3.05) is 27.9 Å². The van der Waals surface area contributed by atoms with Crippen molar-refractivity contribution in [1.29, 1.82) is 0 Å². The second kappa shape index (κ2) is 6.94. The Balaban J connectivity index is 2.43. The van der Waals surface area contributed by atoms with E-state index in [1.54, 1.807) is 38.1 Å². The Bertz CT molecular complexity index is 573. The Hall–Kier alpha value is -2.28. The third-order valence-corrected chi connectivity index (χ3v) is 3.10. The van der Waals surface area contributed by atoms with Gasteiger partial charge in [-0.2, -0.15) is 0 Å². The summed E-state index contributed by atoms with van der Waals surface area (Å²) >= 11 is 0. The van der Waals surface area contributed by atoms with Gasteiger partial charge in [-0.3, -0.25) is 4.68 Å². The molecule has 7 nitrogen and oxygen atoms in total. The van der Waals surface area contributed by atoms with Crippen LogP contribution in [0.2, 0.25) is 0 Å². The highest BCUT2D eigenvalue weighted by Gasteiger charge is 2.18. The van der Waals surface area contributed by atoms with Gasteiger partial charge in [-0.25, -0.2) is 0 Å². The van der Waals surface area contributed by atoms with Gasteiger partial charge in [0.15, 0.2) is 0 Å². The molecule has 21 heavy (non-hydrogen) atoms. The van der Waals surface area contributed by atoms with E-state index in [9.17, 15) is 0 Å². The average Bonchev–Trinajstić information content (AvgIpc) is 2.99. The molecule has 0 fully saturated rings. The summed E-state index contributed by atoms with van der Waals surface area (Å²) in [7, 11) is 4.78. The Morgan fingerprint density at radius 3 is 2.29 bits per heavy atom. The second-order valence-electron chi connectivity index (χ2n) is 4.42. The highest BCUT2D eigenvalue weighted by molar-refractivity contribution is 5.75. The van der Waals surface area contributed by atoms with Crippen LogP contribution >= 0.6 is 0 Å². The van der Waals surface area contributed by atoms with Crippen molar-refractivity contribution < 1.29 is 14.2 Å². The molecule has 1 aromatic heterocycles. The molecule has 0 amide bonds. The van der Waals surface area contributed by atoms with Crippen LogP contribution in [0, 0.1) is 0 Å². The Kier molecular flexibility index (Phi) is 4.99. The molecule has 0 spiro atoms. The molecule has 0 radical (unpaired) electrons. The largest absolute Gasteiger partial charge is 0.496 e. The first-order valence-electron chi connectivity index (χ1n) is 6.64. The number of rotatable bonds is 7. The molecule has 0 aliphatic carbocycles. The number of hydrogen-bond donors (Lipinski definition) is 1. The summed E-state index contributed by atoms with van der Waals surface area (Å²) in [5.41, 5.74) is 6.94. The molecule has 0 unspecified atom stereocenters. The smallest absolute Gasteiger partial charge is 0.135 e. The molecule has 0 bridgehead atoms. The van der Waals surface area contributed by atoms with Crippen LogP contribution in [0.25, 0.3) is 11.3 Å². The fraction of sp³-hybridized carbons (Fsp3) is 0.429. The van der Waals surface area contributed by atoms with E-state index < -0.39 is 0 Å². The predicted molar refractivity (Wildman–Crippen MR) is 78.8 cm³/mol. The molecule has 2 N–H and O–H groups in total. The molecule has 0 aliphatic heterocycles. The molecule has 0 aliphatic rings. The summed E-state index contributed by atoms with van der Waals surface area (Å²) in [6.07, 6.45) is 2.70. The number of ether oxygens (including phenoxy) is 3. The zero-order chi connectivity index (χ0) is 15.2. The first-order valence-corrected chi connectivity index (χ1v) is 6.64. The molecule has 7 heteroatoms. The van der Waals surface area contributed by atoms with Crippen molar-refractivity contribution in [2.24, 2.45) is 5.73 Å². The van der Waals surface area contributed by atoms with Crippen LogP contribution in [0.3, 0.4) is 0 Å². The maximum Gasteiger partial charge on any atom is 0.135 e. The predicted octanol–water partition coefficient (Wildman–Crippen LogP) is 1.32. The van der Waals surface area contributed by atoms with Crippen LogP contribution in [-0.4, -0.2) is 42.9 Å². The molecule has 2 rings (SSSR count). The van der Waals surface area contributed by atoms with Crippen molar-refractivity contribution in [2.45, 2.75) is 13.0 Å². The summed E-state index contributed by atoms with van der Waals surface area (Å²) in [6.45, 7) is 1.34. The van der Waals surface area contributed by atoms with E-state index in [1.807, 2.05) is 6.20 Å². The first kappa shape index (κ1) is 15.1. The third kappa shape index (κ3) is 3.25. The van der Waals surface area contributed by atoms with Gasteiger partial charge in [-0.05, 0) is 13.0 Å². The van der Waals surface area contributed by atoms with Crippen molar-refractivity contribution in [3.05, 3.63) is 18.3 Å². The van der Waals surface area contributed by atoms with Gasteiger partial charge in [0.2, 0.25) is 0 Å². The molecule has 0 saturated heterocycles. The Labute approximate surface area is 123 Å². The van der Waals surface area contributed by atoms with Crippen LogP contribution in [0.5, 0.6) is 17.2 Å². The number of nitrogens with two attached hydrogens (primary N) is 1. The van der Waals surface area contributed by atoms with Gasteiger partial charge in [0.25, 0.3) is 0 Å². The highest BCUT2D eigenvalue weighted by Crippen LogP contribution is 2.40. The lowest BCUT2D eigenvalue weighted by molar-refractivity contribution is 0.377. The van der Waals surface area contributed by atoms with E-state index in [0.29, 0.717) is 29.5 Å². The summed E-state index contributed by atoms with van der Waals surface area (Å²) in [5, 5.41) is 8.28. The van der Waals surface area contributed by atoms with Gasteiger partial charge in [0.1, 0.15) is 22.9 Å². The topological polar surface area (TPSA) is 84.4 Å². The fourth-order valence-corrected chi connectivity index (χ4v) is 2.03. The normalized spacial score (nSPS) is 10.5. The van der Waals surface area contributed by atoms with Gasteiger partial charge < -0.3 is 19.9 Å². The van der Waals surface area contributed by atoms with E-state index in [2.05, 4.69) is 10.3 Å². The Morgan fingerprint density at radius 1 is 1.10 bits per heavy atom. The standard InChI is InChI=1S/C14H20N4O3/c1-19-10-7-12(20-2)14(13(8-10)21-3)11-9-18(17-16-11)6-4-5-15/h7-9H,4-6,15H2,1-3H3. The zero-order valence-electron chi connectivity index (χ0n) is 12.5. The summed E-state index contributed by atoms with van der Waals surface area (Å²) in [6, 6.07) is 3.58. The third-order valence-electron chi connectivity index (χ3n) is 3.10. The van der Waals surface area contributed by atoms with Gasteiger partial charge >= 0.3 is 0 Å². The number of hydrogen-bond acceptors (Lipinski definition) is 6. The van der Waals surface area contributed by atoms with Gasteiger partial charge in [-0.15, -0.1) is 5.10 Å². The van der Waals surface area contributed by atoms with Crippen LogP contribution in [0.15, 0.2) is 18.3 Å². The molecule has 0 saturated carbocycles. The summed E-state index contributed by atoms with van der Waals surface area (Å²) in [4.78, 5) is 0. The summed E-state index contributed by atoms with van der Waals surface area (Å²) in [5.74, 6) is 1.90. The lowest BCUT2D eigenvalue weighted by Crippen LogP contribution is -2.06. The monoisotopic (exact) mass is 292 g/mol. The van der Waals surface area contributed by atoms with Crippen molar-refractivity contribution in [3.63, 3.8) is 0 Å². The van der Waals surface area contributed by atoms with Crippen molar-refractivity contribution >= 4 is 0 Å². The minimum atomic E-state index is 0.615. The van der Waals surface area contributed by atoms with Crippen LogP contribution in [0.4, 0.5) is 0 Å². The summed E-state index contributed by atoms with van der Waals surface area (Å²) < 4.78 is 17.8. The number of aromatic nitrogens is 3. The average molecular weight is 292 g/mol. The number of aryl methyl sites for hydroxylation is 1. The minimum Gasteiger partial charge on any atom is -0.496 e. The van der Waals surface area contributed by atoms with Crippen LogP contribution in [0.1, 0.15) is 6.42 Å². The zero-order valence-corrected chi connectivity index (χ0v) is 12.5. The van der Waals surface area contributed by atoms with Gasteiger partial charge in [0, 0.05) is 18.7 Å². The molecular weight excluding hydrogens is 272 g/mol. The van der Waals surface area contributed by atoms with Gasteiger partial charge in [0.05, 0.1) is 33.1 Å². The van der Waals surface area contributed by atoms with Crippen LogP contribution < -0.4 is 19.9 Å². The van der Waals surface area contributed by atoms with Gasteiger partial charge in [-0.1, -0.05) is 5.21 Å². The van der Waals surface area contributed by atoms with E-state index in [0.717, 1.165) is 18.5 Å². The molecule has 2 aromatic rings. The number of methoxy groups -OCH3 is 3. The number of nitrogens with zero attached hydrogens (tertiary/aromatic N) is 3. The highest BCUT2D eigenvalue weighted by atomic mass is 16.5.